The third-order valence-electron chi connectivity index (χ3n) is 11.5. The van der Waals surface area contributed by atoms with Crippen molar-refractivity contribution in [3.8, 4) is 44.8 Å². The minimum absolute atomic E-state index is 0.136. The molecule has 8 aromatic carbocycles. The monoisotopic (exact) mass is 716 g/mol. The van der Waals surface area contributed by atoms with Crippen LogP contribution < -0.4 is 43.7 Å². The van der Waals surface area contributed by atoms with Crippen LogP contribution in [0.1, 0.15) is 0 Å². The van der Waals surface area contributed by atoms with E-state index in [1.165, 1.54) is 5.56 Å². The van der Waals surface area contributed by atoms with Crippen molar-refractivity contribution in [2.45, 2.75) is 0 Å². The van der Waals surface area contributed by atoms with E-state index in [0.717, 1.165) is 55.2 Å². The Balaban J connectivity index is 1.25. The fraction of sp³-hybridized carbons (Fsp3) is 0. The maximum absolute atomic E-state index is 7.41. The first kappa shape index (κ1) is 36.2. The average Bonchev–Trinajstić information content (AvgIpc) is 3.79. The minimum Gasteiger partial charge on any atom is -0.310 e. The number of fused-ring (bicyclic) bond motifs is 6. The Labute approximate surface area is 347 Å². The summed E-state index contributed by atoms with van der Waals surface area (Å²) in [4.78, 5) is 0. The van der Waals surface area contributed by atoms with Crippen molar-refractivity contribution in [2.75, 3.05) is 0 Å². The van der Waals surface area contributed by atoms with Gasteiger partial charge in [0.2, 0.25) is 0 Å². The molecule has 10 aromatic rings. The summed E-state index contributed by atoms with van der Waals surface area (Å²) >= 11 is 0. The van der Waals surface area contributed by atoms with Crippen LogP contribution in [0, 0.1) is 0 Å². The zero-order valence-electron chi connectivity index (χ0n) is 31.4. The smallest absolute Gasteiger partial charge is 0.115 e. The highest BCUT2D eigenvalue weighted by Gasteiger charge is 2.25. The molecule has 250 valence electrons. The molecule has 0 aliphatic heterocycles. The van der Waals surface area contributed by atoms with Gasteiger partial charge in [0, 0.05) is 38.4 Å². The summed E-state index contributed by atoms with van der Waals surface area (Å²) in [5, 5.41) is 3.57. The lowest BCUT2D eigenvalue weighted by atomic mass is 9.59. The van der Waals surface area contributed by atoms with E-state index in [2.05, 4.69) is 100 Å². The van der Waals surface area contributed by atoms with Crippen molar-refractivity contribution in [1.82, 2.24) is 9.13 Å². The van der Waals surface area contributed by atoms with Gasteiger partial charge in [-0.1, -0.05) is 124 Å². The maximum Gasteiger partial charge on any atom is 0.115 e. The maximum atomic E-state index is 7.41. The zero-order chi connectivity index (χ0) is 40.0. The first-order chi connectivity index (χ1) is 28.2. The highest BCUT2D eigenvalue weighted by atomic mass is 15.0. The van der Waals surface area contributed by atoms with E-state index in [-0.39, 0.29) is 27.3 Å². The van der Waals surface area contributed by atoms with Gasteiger partial charge in [-0.25, -0.2) is 0 Å². The molecule has 2 nitrogen and oxygen atoms in total. The molecule has 16 radical (unpaired) electrons. The molecule has 10 rings (SSSR count). The molecule has 0 saturated carbocycles. The summed E-state index contributed by atoms with van der Waals surface area (Å²) in [5.74, 6) is 0. The van der Waals surface area contributed by atoms with Crippen LogP contribution in [0.2, 0.25) is 0 Å². The molecule has 2 aromatic heterocycles. The molecule has 0 unspecified atom stereocenters. The molecule has 0 bridgehead atoms. The Hall–Kier alpha value is -6.12. The van der Waals surface area contributed by atoms with Gasteiger partial charge in [0.15, 0.2) is 0 Å². The largest absolute Gasteiger partial charge is 0.310 e. The third-order valence-corrected chi connectivity index (χ3v) is 11.5. The molecule has 10 heteroatoms. The molecule has 58 heavy (non-hydrogen) atoms. The topological polar surface area (TPSA) is 9.86 Å². The fourth-order valence-electron chi connectivity index (χ4n) is 8.73. The van der Waals surface area contributed by atoms with Gasteiger partial charge in [0.05, 0.1) is 16.6 Å². The van der Waals surface area contributed by atoms with E-state index in [1.54, 1.807) is 0 Å². The summed E-state index contributed by atoms with van der Waals surface area (Å²) in [7, 11) is 54.2. The van der Waals surface area contributed by atoms with Crippen molar-refractivity contribution in [3.05, 3.63) is 146 Å². The van der Waals surface area contributed by atoms with E-state index in [9.17, 15) is 0 Å². The summed E-state index contributed by atoms with van der Waals surface area (Å²) in [6, 6.07) is 49.5. The predicted molar refractivity (Wildman–Crippen MR) is 255 cm³/mol. The van der Waals surface area contributed by atoms with Gasteiger partial charge < -0.3 is 9.13 Å². The van der Waals surface area contributed by atoms with Crippen LogP contribution in [0.25, 0.3) is 88.4 Å². The molecule has 0 atom stereocenters. The van der Waals surface area contributed by atoms with E-state index >= 15 is 0 Å². The van der Waals surface area contributed by atoms with Crippen LogP contribution in [-0.4, -0.2) is 71.9 Å². The number of hydrogen-bond acceptors (Lipinski definition) is 0. The lowest BCUT2D eigenvalue weighted by Crippen LogP contribution is -2.55. The number of nitrogens with zero attached hydrogens (tertiary/aromatic N) is 2. The molecule has 0 amide bonds. The van der Waals surface area contributed by atoms with Crippen LogP contribution in [0.15, 0.2) is 146 Å². The lowest BCUT2D eigenvalue weighted by Gasteiger charge is -2.22. The van der Waals surface area contributed by atoms with Crippen molar-refractivity contribution in [3.63, 3.8) is 0 Å². The van der Waals surface area contributed by atoms with Gasteiger partial charge in [-0.3, -0.25) is 0 Å². The average molecular weight is 715 g/mol. The number of hydrogen-bond donors (Lipinski definition) is 0. The highest BCUT2D eigenvalue weighted by molar-refractivity contribution is 6.69. The van der Waals surface area contributed by atoms with Gasteiger partial charge in [-0.2, -0.15) is 0 Å². The number of aromatic nitrogens is 2. The second kappa shape index (κ2) is 13.8. The second-order valence-corrected chi connectivity index (χ2v) is 14.7. The highest BCUT2D eigenvalue weighted by Crippen LogP contribution is 2.39. The second-order valence-electron chi connectivity index (χ2n) is 14.7. The SMILES string of the molecule is [B]c1c([B])c([B])c(-c2cccc3c2c2c([B])c(-c4ccc5c(c4)c4ccccc4n5-c4ccc(-c5ccccc5)cc4)c([B])c([B])c2n3-c2ccccc2)c([B])c1[B]. The minimum atomic E-state index is 0.136. The molecule has 2 heterocycles. The van der Waals surface area contributed by atoms with Crippen molar-refractivity contribution < 1.29 is 0 Å². The van der Waals surface area contributed by atoms with Gasteiger partial charge in [0.1, 0.15) is 62.8 Å². The quantitative estimate of drug-likeness (QED) is 0.243. The molecular formula is C48H24B8N2. The Morgan fingerprint density at radius 3 is 1.55 bits per heavy atom. The first-order valence-electron chi connectivity index (χ1n) is 18.9. The molecule has 0 fully saturated rings. The summed E-state index contributed by atoms with van der Waals surface area (Å²) < 4.78 is 4.35. The van der Waals surface area contributed by atoms with E-state index in [4.69, 9.17) is 62.8 Å². The van der Waals surface area contributed by atoms with E-state index < -0.39 is 0 Å². The van der Waals surface area contributed by atoms with Crippen molar-refractivity contribution in [1.29, 1.82) is 0 Å². The normalized spacial score (nSPS) is 11.7. The Morgan fingerprint density at radius 2 is 0.845 bits per heavy atom. The van der Waals surface area contributed by atoms with Crippen molar-refractivity contribution in [2.24, 2.45) is 0 Å². The van der Waals surface area contributed by atoms with E-state index in [0.29, 0.717) is 44.0 Å². The first-order valence-corrected chi connectivity index (χ1v) is 18.9. The third kappa shape index (κ3) is 5.31. The van der Waals surface area contributed by atoms with Gasteiger partial charge in [-0.05, 0) is 81.9 Å². The Morgan fingerprint density at radius 1 is 0.310 bits per heavy atom. The van der Waals surface area contributed by atoms with Crippen LogP contribution in [0.5, 0.6) is 0 Å². The molecular weight excluding hydrogens is 691 g/mol. The van der Waals surface area contributed by atoms with Crippen LogP contribution in [0.3, 0.4) is 0 Å². The number of benzene rings is 8. The van der Waals surface area contributed by atoms with Crippen LogP contribution in [0.4, 0.5) is 0 Å². The molecule has 0 N–H and O–H groups in total. The number of rotatable bonds is 5. The molecule has 0 spiro atoms. The number of para-hydroxylation sites is 2. The van der Waals surface area contributed by atoms with Gasteiger partial charge >= 0.3 is 0 Å². The standard InChI is InChI=1S/C48H24B8N2/c49-40-36(27-20-23-34-32(24-27)30-14-7-8-16-33(30)57(34)29-21-18-26(19-22-29)25-10-3-1-4-11-25)41(50)47(56)48-39(40)37-31(38-42(51)44(53)46(55)45(54)43(38)52)15-9-17-35(37)58(48)28-12-5-2-6-13-28/h1-24H. The molecule has 0 aliphatic carbocycles. The van der Waals surface area contributed by atoms with Crippen LogP contribution >= 0.6 is 0 Å². The fourth-order valence-corrected chi connectivity index (χ4v) is 8.73. The predicted octanol–water partition coefficient (Wildman–Crippen LogP) is 3.23. The van der Waals surface area contributed by atoms with E-state index in [1.807, 2.05) is 54.6 Å². The summed E-state index contributed by atoms with van der Waals surface area (Å²) in [5.41, 5.74) is 12.4. The van der Waals surface area contributed by atoms with Gasteiger partial charge in [0.25, 0.3) is 0 Å². The van der Waals surface area contributed by atoms with Crippen LogP contribution in [-0.2, 0) is 0 Å². The lowest BCUT2D eigenvalue weighted by molar-refractivity contribution is 1.18. The van der Waals surface area contributed by atoms with Gasteiger partial charge in [-0.15, -0.1) is 16.4 Å². The molecule has 0 aliphatic rings. The van der Waals surface area contributed by atoms with Crippen molar-refractivity contribution >= 4 is 150 Å². The zero-order valence-corrected chi connectivity index (χ0v) is 31.4. The summed E-state index contributed by atoms with van der Waals surface area (Å²) in [6.07, 6.45) is 0. The molecule has 0 saturated heterocycles. The Bertz CT molecular complexity index is 3270. The summed E-state index contributed by atoms with van der Waals surface area (Å²) in [6.45, 7) is 0. The Kier molecular flexibility index (Phi) is 8.60.